The van der Waals surface area contributed by atoms with Gasteiger partial charge >= 0.3 is 5.97 Å². The molecule has 1 aliphatic carbocycles. The molecule has 1 aromatic carbocycles. The molecule has 0 saturated carbocycles. The van der Waals surface area contributed by atoms with Gasteiger partial charge in [-0.15, -0.1) is 11.3 Å². The lowest BCUT2D eigenvalue weighted by molar-refractivity contribution is -0.133. The van der Waals surface area contributed by atoms with Crippen LogP contribution in [0.15, 0.2) is 41.8 Å². The fourth-order valence-corrected chi connectivity index (χ4v) is 4.40. The number of aryl methyl sites for hydroxylation is 1. The lowest BCUT2D eigenvalue weighted by atomic mass is 9.90. The van der Waals surface area contributed by atoms with Crippen molar-refractivity contribution in [1.82, 2.24) is 9.88 Å². The number of hydrogen-bond donors (Lipinski definition) is 0. The zero-order valence-corrected chi connectivity index (χ0v) is 16.6. The number of carbonyl (C=O) groups is 2. The highest BCUT2D eigenvalue weighted by Gasteiger charge is 2.24. The van der Waals surface area contributed by atoms with E-state index in [1.807, 2.05) is 41.8 Å². The summed E-state index contributed by atoms with van der Waals surface area (Å²) in [6, 6.07) is 11.6. The Bertz CT molecular complexity index is 1010. The second kappa shape index (κ2) is 8.10. The van der Waals surface area contributed by atoms with Gasteiger partial charge in [-0.1, -0.05) is 24.3 Å². The van der Waals surface area contributed by atoms with Crippen LogP contribution in [0.1, 0.15) is 39.3 Å². The monoisotopic (exact) mass is 394 g/mol. The number of aromatic nitrogens is 1. The molecule has 1 amide bonds. The second-order valence-electron chi connectivity index (χ2n) is 7.04. The number of ether oxygens (including phenoxy) is 1. The fraction of sp³-hybridized carbons (Fsp3) is 0.318. The fourth-order valence-electron chi connectivity index (χ4n) is 3.64. The maximum atomic E-state index is 13.0. The van der Waals surface area contributed by atoms with Gasteiger partial charge in [0.25, 0.3) is 5.91 Å². The Kier molecular flexibility index (Phi) is 5.39. The summed E-state index contributed by atoms with van der Waals surface area (Å²) in [6.45, 7) is 0.258. The van der Waals surface area contributed by atoms with Crippen LogP contribution in [-0.2, 0) is 28.9 Å². The van der Waals surface area contributed by atoms with Crippen molar-refractivity contribution in [3.05, 3.63) is 63.5 Å². The van der Waals surface area contributed by atoms with Crippen molar-refractivity contribution >= 4 is 34.1 Å². The number of fused-ring (bicyclic) bond motifs is 2. The zero-order chi connectivity index (χ0) is 19.5. The number of amides is 1. The van der Waals surface area contributed by atoms with Gasteiger partial charge in [0.2, 0.25) is 0 Å². The second-order valence-corrected chi connectivity index (χ2v) is 8.07. The zero-order valence-electron chi connectivity index (χ0n) is 15.8. The average molecular weight is 394 g/mol. The van der Waals surface area contributed by atoms with Crippen LogP contribution in [-0.4, -0.2) is 35.4 Å². The largest absolute Gasteiger partial charge is 0.452 e. The van der Waals surface area contributed by atoms with Crippen LogP contribution >= 0.6 is 11.3 Å². The van der Waals surface area contributed by atoms with Crippen molar-refractivity contribution in [1.29, 1.82) is 0 Å². The summed E-state index contributed by atoms with van der Waals surface area (Å²) < 4.78 is 5.45. The third kappa shape index (κ3) is 3.78. The standard InChI is InChI=1S/C22H22N2O3S/c1-24(13-15-7-6-12-28-15)20(25)14-27-22(26)21-16-8-2-4-10-18(16)23-19-11-5-3-9-17(19)21/h2,4,6-8,10,12H,3,5,9,11,13-14H2,1H3. The molecule has 6 heteroatoms. The summed E-state index contributed by atoms with van der Waals surface area (Å²) in [5.41, 5.74) is 3.35. The molecule has 0 spiro atoms. The summed E-state index contributed by atoms with van der Waals surface area (Å²) in [7, 11) is 1.72. The molecule has 0 aliphatic heterocycles. The Balaban J connectivity index is 1.53. The normalized spacial score (nSPS) is 13.2. The molecule has 3 aromatic rings. The summed E-state index contributed by atoms with van der Waals surface area (Å²) in [4.78, 5) is 32.8. The smallest absolute Gasteiger partial charge is 0.339 e. The Labute approximate surface area is 168 Å². The van der Waals surface area contributed by atoms with E-state index in [2.05, 4.69) is 0 Å². The van der Waals surface area contributed by atoms with Crippen LogP contribution < -0.4 is 0 Å². The van der Waals surface area contributed by atoms with Gasteiger partial charge in [-0.3, -0.25) is 9.78 Å². The van der Waals surface area contributed by atoms with Crippen molar-refractivity contribution in [3.8, 4) is 0 Å². The van der Waals surface area contributed by atoms with Gasteiger partial charge in [-0.05, 0) is 48.8 Å². The SMILES string of the molecule is CN(Cc1cccs1)C(=O)COC(=O)c1c2c(nc3ccccc13)CCCC2. The molecular weight excluding hydrogens is 372 g/mol. The summed E-state index contributed by atoms with van der Waals surface area (Å²) in [5.74, 6) is -0.649. The first-order valence-corrected chi connectivity index (χ1v) is 10.4. The predicted octanol–water partition coefficient (Wildman–Crippen LogP) is 3.99. The van der Waals surface area contributed by atoms with E-state index in [1.165, 1.54) is 0 Å². The maximum absolute atomic E-state index is 13.0. The van der Waals surface area contributed by atoms with Crippen LogP contribution in [0, 0.1) is 0 Å². The van der Waals surface area contributed by atoms with Gasteiger partial charge in [0.1, 0.15) is 0 Å². The van der Waals surface area contributed by atoms with E-state index in [-0.39, 0.29) is 12.5 Å². The molecule has 5 nitrogen and oxygen atoms in total. The summed E-state index contributed by atoms with van der Waals surface area (Å²) in [6.07, 6.45) is 3.82. The molecule has 0 radical (unpaired) electrons. The molecule has 0 atom stereocenters. The first kappa shape index (κ1) is 18.6. The van der Waals surface area contributed by atoms with Crippen LogP contribution in [0.5, 0.6) is 0 Å². The van der Waals surface area contributed by atoms with Crippen molar-refractivity contribution in [2.75, 3.05) is 13.7 Å². The van der Waals surface area contributed by atoms with Gasteiger partial charge in [0, 0.05) is 23.0 Å². The predicted molar refractivity (Wildman–Crippen MR) is 109 cm³/mol. The molecule has 2 aromatic heterocycles. The van der Waals surface area contributed by atoms with E-state index in [0.717, 1.165) is 52.7 Å². The number of rotatable bonds is 5. The highest BCUT2D eigenvalue weighted by Crippen LogP contribution is 2.29. The number of carbonyl (C=O) groups excluding carboxylic acids is 2. The number of thiophene rings is 1. The quantitative estimate of drug-likeness (QED) is 0.614. The number of benzene rings is 1. The van der Waals surface area contributed by atoms with Gasteiger partial charge in [-0.25, -0.2) is 4.79 Å². The molecule has 2 heterocycles. The third-order valence-electron chi connectivity index (χ3n) is 5.10. The topological polar surface area (TPSA) is 59.5 Å². The molecule has 0 saturated heterocycles. The lowest BCUT2D eigenvalue weighted by Crippen LogP contribution is -2.30. The van der Waals surface area contributed by atoms with Crippen molar-refractivity contribution in [2.24, 2.45) is 0 Å². The minimum atomic E-state index is -0.436. The third-order valence-corrected chi connectivity index (χ3v) is 5.96. The van der Waals surface area contributed by atoms with E-state index >= 15 is 0 Å². The number of hydrogen-bond acceptors (Lipinski definition) is 5. The minimum Gasteiger partial charge on any atom is -0.452 e. The van der Waals surface area contributed by atoms with E-state index in [0.29, 0.717) is 12.1 Å². The van der Waals surface area contributed by atoms with Crippen molar-refractivity contribution in [3.63, 3.8) is 0 Å². The highest BCUT2D eigenvalue weighted by molar-refractivity contribution is 7.09. The molecule has 28 heavy (non-hydrogen) atoms. The first-order chi connectivity index (χ1) is 13.6. The van der Waals surface area contributed by atoms with Crippen LogP contribution in [0.4, 0.5) is 0 Å². The van der Waals surface area contributed by atoms with Crippen LogP contribution in [0.25, 0.3) is 10.9 Å². The molecule has 0 fully saturated rings. The molecule has 0 unspecified atom stereocenters. The number of likely N-dealkylation sites (N-methyl/N-ethyl adjacent to an activating group) is 1. The Morgan fingerprint density at radius 3 is 2.79 bits per heavy atom. The molecular formula is C22H22N2O3S. The number of nitrogens with zero attached hydrogens (tertiary/aromatic N) is 2. The summed E-state index contributed by atoms with van der Waals surface area (Å²) in [5, 5.41) is 2.78. The van der Waals surface area contributed by atoms with E-state index in [9.17, 15) is 9.59 Å². The number of para-hydroxylation sites is 1. The van der Waals surface area contributed by atoms with E-state index in [1.54, 1.807) is 23.3 Å². The van der Waals surface area contributed by atoms with Gasteiger partial charge in [0.05, 0.1) is 17.6 Å². The molecule has 0 N–H and O–H groups in total. The lowest BCUT2D eigenvalue weighted by Gasteiger charge is -2.20. The number of pyridine rings is 1. The maximum Gasteiger partial charge on any atom is 0.339 e. The van der Waals surface area contributed by atoms with Crippen molar-refractivity contribution < 1.29 is 14.3 Å². The minimum absolute atomic E-state index is 0.214. The van der Waals surface area contributed by atoms with E-state index < -0.39 is 5.97 Å². The Hall–Kier alpha value is -2.73. The molecule has 1 aliphatic rings. The van der Waals surface area contributed by atoms with Crippen LogP contribution in [0.3, 0.4) is 0 Å². The number of esters is 1. The summed E-state index contributed by atoms with van der Waals surface area (Å²) >= 11 is 1.60. The Morgan fingerprint density at radius 2 is 1.96 bits per heavy atom. The van der Waals surface area contributed by atoms with E-state index in [4.69, 9.17) is 9.72 Å². The molecule has 0 bridgehead atoms. The van der Waals surface area contributed by atoms with Gasteiger partial charge in [0.15, 0.2) is 6.61 Å². The van der Waals surface area contributed by atoms with Crippen molar-refractivity contribution in [2.45, 2.75) is 32.2 Å². The molecule has 144 valence electrons. The Morgan fingerprint density at radius 1 is 1.14 bits per heavy atom. The molecule has 4 rings (SSSR count). The highest BCUT2D eigenvalue weighted by atomic mass is 32.1. The van der Waals surface area contributed by atoms with Gasteiger partial charge < -0.3 is 9.64 Å². The van der Waals surface area contributed by atoms with Gasteiger partial charge in [-0.2, -0.15) is 0 Å². The average Bonchev–Trinajstić information content (AvgIpc) is 3.22. The van der Waals surface area contributed by atoms with Crippen LogP contribution in [0.2, 0.25) is 0 Å². The first-order valence-electron chi connectivity index (χ1n) is 9.47.